The smallest absolute Gasteiger partial charge is 0.0192 e. The lowest BCUT2D eigenvalue weighted by Gasteiger charge is -2.14. The second-order valence-electron chi connectivity index (χ2n) is 2.97. The van der Waals surface area contributed by atoms with Crippen LogP contribution in [0.2, 0.25) is 0 Å². The van der Waals surface area contributed by atoms with Crippen LogP contribution >= 0.6 is 24.8 Å². The molecule has 0 unspecified atom stereocenters. The molecule has 70 valence electrons. The fraction of sp³-hybridized carbons (Fsp3) is 1.00. The minimum Gasteiger partial charge on any atom is -0.326 e. The van der Waals surface area contributed by atoms with Gasteiger partial charge in [-0.15, -0.1) is 24.8 Å². The number of rotatable bonds is 0. The molecule has 2 nitrogen and oxygen atoms in total. The Morgan fingerprint density at radius 1 is 0.727 bits per heavy atom. The summed E-state index contributed by atoms with van der Waals surface area (Å²) in [5, 5.41) is 0. The summed E-state index contributed by atoms with van der Waals surface area (Å²) < 4.78 is 0. The van der Waals surface area contributed by atoms with Gasteiger partial charge in [0, 0.05) is 12.1 Å². The zero-order valence-electron chi connectivity index (χ0n) is 6.66. The Kier molecular flexibility index (Phi) is 9.15. The van der Waals surface area contributed by atoms with E-state index in [1.165, 1.54) is 19.3 Å². The van der Waals surface area contributed by atoms with Crippen molar-refractivity contribution in [2.45, 2.75) is 44.2 Å². The van der Waals surface area contributed by atoms with Gasteiger partial charge in [0.05, 0.1) is 0 Å². The van der Waals surface area contributed by atoms with Crippen molar-refractivity contribution in [3.8, 4) is 0 Å². The highest BCUT2D eigenvalue weighted by Crippen LogP contribution is 2.14. The SMILES string of the molecule is Cl.Cl.N[C@H]1CCCCC[C@@H]1N. The minimum absolute atomic E-state index is 0. The van der Waals surface area contributed by atoms with Gasteiger partial charge in [-0.1, -0.05) is 19.3 Å². The average molecular weight is 201 g/mol. The van der Waals surface area contributed by atoms with Gasteiger partial charge in [0.25, 0.3) is 0 Å². The second kappa shape index (κ2) is 7.17. The maximum absolute atomic E-state index is 5.75. The Hall–Kier alpha value is 0.500. The van der Waals surface area contributed by atoms with Crippen molar-refractivity contribution in [3.05, 3.63) is 0 Å². The highest BCUT2D eigenvalue weighted by Gasteiger charge is 2.15. The summed E-state index contributed by atoms with van der Waals surface area (Å²) in [5.74, 6) is 0. The molecule has 11 heavy (non-hydrogen) atoms. The lowest BCUT2D eigenvalue weighted by Crippen LogP contribution is -2.40. The molecule has 0 radical (unpaired) electrons. The molecule has 1 aliphatic rings. The fourth-order valence-electron chi connectivity index (χ4n) is 1.37. The Bertz CT molecular complexity index is 80.5. The molecule has 0 aromatic carbocycles. The van der Waals surface area contributed by atoms with E-state index in [0.717, 1.165) is 12.8 Å². The van der Waals surface area contributed by atoms with Crippen molar-refractivity contribution in [1.29, 1.82) is 0 Å². The fourth-order valence-corrected chi connectivity index (χ4v) is 1.37. The van der Waals surface area contributed by atoms with Crippen molar-refractivity contribution in [3.63, 3.8) is 0 Å². The molecule has 1 fully saturated rings. The van der Waals surface area contributed by atoms with Gasteiger partial charge in [0.2, 0.25) is 0 Å². The van der Waals surface area contributed by atoms with E-state index in [2.05, 4.69) is 0 Å². The van der Waals surface area contributed by atoms with Crippen LogP contribution in [0.3, 0.4) is 0 Å². The normalized spacial score (nSPS) is 31.1. The summed E-state index contributed by atoms with van der Waals surface area (Å²) in [6.45, 7) is 0. The minimum atomic E-state index is 0. The molecular formula is C7H18Cl2N2. The van der Waals surface area contributed by atoms with Crippen molar-refractivity contribution < 1.29 is 0 Å². The summed E-state index contributed by atoms with van der Waals surface area (Å²) in [7, 11) is 0. The third kappa shape index (κ3) is 4.86. The Balaban J connectivity index is 0. The van der Waals surface area contributed by atoms with Gasteiger partial charge in [0.15, 0.2) is 0 Å². The summed E-state index contributed by atoms with van der Waals surface area (Å²) in [6, 6.07) is 0.542. The molecule has 4 heteroatoms. The Morgan fingerprint density at radius 3 is 1.45 bits per heavy atom. The van der Waals surface area contributed by atoms with Crippen LogP contribution in [0.4, 0.5) is 0 Å². The molecule has 4 N–H and O–H groups in total. The third-order valence-electron chi connectivity index (χ3n) is 2.12. The molecule has 1 saturated carbocycles. The monoisotopic (exact) mass is 200 g/mol. The van der Waals surface area contributed by atoms with E-state index in [1.807, 2.05) is 0 Å². The Labute approximate surface area is 80.9 Å². The Morgan fingerprint density at radius 2 is 1.09 bits per heavy atom. The van der Waals surface area contributed by atoms with E-state index in [4.69, 9.17) is 11.5 Å². The second-order valence-corrected chi connectivity index (χ2v) is 2.97. The third-order valence-corrected chi connectivity index (χ3v) is 2.12. The lowest BCUT2D eigenvalue weighted by molar-refractivity contribution is 0.500. The topological polar surface area (TPSA) is 52.0 Å². The number of hydrogen-bond acceptors (Lipinski definition) is 2. The molecule has 0 saturated heterocycles. The van der Waals surface area contributed by atoms with Gasteiger partial charge < -0.3 is 11.5 Å². The summed E-state index contributed by atoms with van der Waals surface area (Å²) in [5.41, 5.74) is 11.5. The predicted molar refractivity (Wildman–Crippen MR) is 53.5 cm³/mol. The maximum Gasteiger partial charge on any atom is 0.0192 e. The summed E-state index contributed by atoms with van der Waals surface area (Å²) in [6.07, 6.45) is 6.12. The maximum atomic E-state index is 5.75. The lowest BCUT2D eigenvalue weighted by atomic mass is 10.1. The van der Waals surface area contributed by atoms with Crippen LogP contribution in [0.5, 0.6) is 0 Å². The van der Waals surface area contributed by atoms with Crippen LogP contribution < -0.4 is 11.5 Å². The highest BCUT2D eigenvalue weighted by molar-refractivity contribution is 5.85. The molecule has 0 aromatic heterocycles. The molecule has 0 aliphatic heterocycles. The van der Waals surface area contributed by atoms with Crippen LogP contribution in [0.1, 0.15) is 32.1 Å². The summed E-state index contributed by atoms with van der Waals surface area (Å²) >= 11 is 0. The van der Waals surface area contributed by atoms with Crippen molar-refractivity contribution in [2.75, 3.05) is 0 Å². The molecular weight excluding hydrogens is 183 g/mol. The van der Waals surface area contributed by atoms with E-state index < -0.39 is 0 Å². The van der Waals surface area contributed by atoms with E-state index >= 15 is 0 Å². The van der Waals surface area contributed by atoms with Crippen LogP contribution in [-0.2, 0) is 0 Å². The molecule has 0 amide bonds. The number of hydrogen-bond donors (Lipinski definition) is 2. The van der Waals surface area contributed by atoms with Gasteiger partial charge in [-0.2, -0.15) is 0 Å². The quantitative estimate of drug-likeness (QED) is 0.583. The van der Waals surface area contributed by atoms with Crippen molar-refractivity contribution in [1.82, 2.24) is 0 Å². The molecule has 0 bridgehead atoms. The first kappa shape index (κ1) is 14.0. The van der Waals surface area contributed by atoms with Crippen LogP contribution in [0.15, 0.2) is 0 Å². The largest absolute Gasteiger partial charge is 0.326 e. The van der Waals surface area contributed by atoms with Gasteiger partial charge in [0.1, 0.15) is 0 Å². The van der Waals surface area contributed by atoms with Crippen molar-refractivity contribution in [2.24, 2.45) is 11.5 Å². The molecule has 2 atom stereocenters. The summed E-state index contributed by atoms with van der Waals surface area (Å²) in [4.78, 5) is 0. The highest BCUT2D eigenvalue weighted by atomic mass is 35.5. The first-order valence-electron chi connectivity index (χ1n) is 3.82. The van der Waals surface area contributed by atoms with Gasteiger partial charge in [-0.3, -0.25) is 0 Å². The molecule has 0 aromatic rings. The van der Waals surface area contributed by atoms with E-state index in [0.29, 0.717) is 0 Å². The van der Waals surface area contributed by atoms with Gasteiger partial charge in [-0.25, -0.2) is 0 Å². The molecule has 0 spiro atoms. The van der Waals surface area contributed by atoms with Gasteiger partial charge in [-0.05, 0) is 12.8 Å². The van der Waals surface area contributed by atoms with E-state index in [9.17, 15) is 0 Å². The zero-order chi connectivity index (χ0) is 6.69. The van der Waals surface area contributed by atoms with E-state index in [-0.39, 0.29) is 36.9 Å². The van der Waals surface area contributed by atoms with Crippen LogP contribution in [0.25, 0.3) is 0 Å². The van der Waals surface area contributed by atoms with Crippen LogP contribution in [-0.4, -0.2) is 12.1 Å². The van der Waals surface area contributed by atoms with Crippen LogP contribution in [0, 0.1) is 0 Å². The standard InChI is InChI=1S/C7H16N2.2ClH/c8-6-4-2-1-3-5-7(6)9;;/h6-7H,1-5,8-9H2;2*1H/t6-,7-;;/m0../s1. The zero-order valence-corrected chi connectivity index (χ0v) is 8.29. The van der Waals surface area contributed by atoms with E-state index in [1.54, 1.807) is 0 Å². The van der Waals surface area contributed by atoms with Crippen molar-refractivity contribution >= 4 is 24.8 Å². The predicted octanol–water partition coefficient (Wildman–Crippen LogP) is 1.45. The van der Waals surface area contributed by atoms with Gasteiger partial charge >= 0.3 is 0 Å². The first-order chi connectivity index (χ1) is 4.30. The first-order valence-corrected chi connectivity index (χ1v) is 3.82. The number of halogens is 2. The molecule has 0 heterocycles. The molecule has 1 aliphatic carbocycles. The molecule has 1 rings (SSSR count). The number of nitrogens with two attached hydrogens (primary N) is 2. The average Bonchev–Trinajstić information content (AvgIpc) is 1.99.